The number of hydrogen-bond donors (Lipinski definition) is 0. The molecule has 0 amide bonds. The molecule has 1 heterocycles. The van der Waals surface area contributed by atoms with E-state index < -0.39 is 0 Å². The van der Waals surface area contributed by atoms with Crippen LogP contribution in [0.1, 0.15) is 45.4 Å². The van der Waals surface area contributed by atoms with Crippen molar-refractivity contribution in [1.29, 1.82) is 0 Å². The van der Waals surface area contributed by atoms with E-state index in [0.29, 0.717) is 23.9 Å². The van der Waals surface area contributed by atoms with Gasteiger partial charge in [-0.05, 0) is 42.7 Å². The molecule has 0 aromatic carbocycles. The molecule has 1 aliphatic heterocycles. The van der Waals surface area contributed by atoms with Gasteiger partial charge in [-0.15, -0.1) is 0 Å². The quantitative estimate of drug-likeness (QED) is 0.664. The van der Waals surface area contributed by atoms with Crippen LogP contribution < -0.4 is 0 Å². The number of carbonyl (C=O) groups is 1. The number of Topliss-reactive ketones (excluding diaryl/α,β-unsaturated/α-hetero) is 1. The lowest BCUT2D eigenvalue weighted by atomic mass is 9.85. The van der Waals surface area contributed by atoms with E-state index in [2.05, 4.69) is 6.92 Å². The Balaban J connectivity index is 1.86. The van der Waals surface area contributed by atoms with Gasteiger partial charge >= 0.3 is 0 Å². The Labute approximate surface area is 90.7 Å². The summed E-state index contributed by atoms with van der Waals surface area (Å²) in [4.78, 5) is 11.9. The van der Waals surface area contributed by atoms with Crippen LogP contribution in [0.3, 0.4) is 0 Å². The molecular weight excluding hydrogens is 188 g/mol. The van der Waals surface area contributed by atoms with Crippen LogP contribution in [0.25, 0.3) is 0 Å². The summed E-state index contributed by atoms with van der Waals surface area (Å²) in [6.45, 7) is 2.18. The molecule has 15 heavy (non-hydrogen) atoms. The highest BCUT2D eigenvalue weighted by Crippen LogP contribution is 2.50. The first-order valence-electron chi connectivity index (χ1n) is 6.23. The van der Waals surface area contributed by atoms with E-state index in [4.69, 9.17) is 4.74 Å². The molecule has 1 unspecified atom stereocenters. The van der Waals surface area contributed by atoms with Gasteiger partial charge < -0.3 is 4.74 Å². The number of allylic oxidation sites excluding steroid dienone is 1. The topological polar surface area (TPSA) is 29.6 Å². The molecule has 2 nitrogen and oxygen atoms in total. The molecule has 1 saturated heterocycles. The van der Waals surface area contributed by atoms with E-state index in [-0.39, 0.29) is 0 Å². The summed E-state index contributed by atoms with van der Waals surface area (Å²) in [5, 5.41) is 0. The maximum absolute atomic E-state index is 11.9. The van der Waals surface area contributed by atoms with E-state index in [1.54, 1.807) is 0 Å². The predicted molar refractivity (Wildman–Crippen MR) is 57.6 cm³/mol. The summed E-state index contributed by atoms with van der Waals surface area (Å²) >= 11 is 0. The van der Waals surface area contributed by atoms with Crippen LogP contribution in [0.5, 0.6) is 0 Å². The van der Waals surface area contributed by atoms with Gasteiger partial charge in [0.25, 0.3) is 0 Å². The van der Waals surface area contributed by atoms with Crippen molar-refractivity contribution in [1.82, 2.24) is 0 Å². The van der Waals surface area contributed by atoms with E-state index in [1.165, 1.54) is 24.8 Å². The fourth-order valence-electron chi connectivity index (χ4n) is 3.16. The molecule has 3 atom stereocenters. The third-order valence-electron chi connectivity index (χ3n) is 4.03. The first-order chi connectivity index (χ1) is 7.31. The van der Waals surface area contributed by atoms with Gasteiger partial charge in [0.2, 0.25) is 0 Å². The van der Waals surface area contributed by atoms with Crippen molar-refractivity contribution in [3.05, 3.63) is 11.1 Å². The van der Waals surface area contributed by atoms with Crippen LogP contribution in [0.2, 0.25) is 0 Å². The number of rotatable bonds is 3. The molecule has 3 aliphatic rings. The van der Waals surface area contributed by atoms with Crippen LogP contribution in [0, 0.1) is 5.92 Å². The lowest BCUT2D eigenvalue weighted by molar-refractivity contribution is -0.115. The smallest absolute Gasteiger partial charge is 0.159 e. The van der Waals surface area contributed by atoms with E-state index in [0.717, 1.165) is 24.8 Å². The van der Waals surface area contributed by atoms with Crippen molar-refractivity contribution in [3.63, 3.8) is 0 Å². The fourth-order valence-corrected chi connectivity index (χ4v) is 3.16. The highest BCUT2D eigenvalue weighted by molar-refractivity contribution is 5.99. The Bertz CT molecular complexity index is 329. The van der Waals surface area contributed by atoms with Gasteiger partial charge in [-0.1, -0.05) is 13.3 Å². The highest BCUT2D eigenvalue weighted by atomic mass is 16.6. The third kappa shape index (κ3) is 1.46. The molecule has 2 heteroatoms. The minimum Gasteiger partial charge on any atom is -0.365 e. The molecule has 82 valence electrons. The summed E-state index contributed by atoms with van der Waals surface area (Å²) in [7, 11) is 0. The number of fused-ring (bicyclic) bond motifs is 3. The Morgan fingerprint density at radius 1 is 1.40 bits per heavy atom. The third-order valence-corrected chi connectivity index (χ3v) is 4.03. The number of ether oxygens (including phenoxy) is 1. The van der Waals surface area contributed by atoms with Gasteiger partial charge in [-0.2, -0.15) is 0 Å². The summed E-state index contributed by atoms with van der Waals surface area (Å²) in [5.74, 6) is 0.965. The first kappa shape index (κ1) is 9.59. The molecule has 1 saturated carbocycles. The molecule has 2 aliphatic carbocycles. The number of unbranched alkanes of at least 4 members (excludes halogenated alkanes) is 1. The number of ketones is 1. The van der Waals surface area contributed by atoms with Crippen molar-refractivity contribution in [2.75, 3.05) is 0 Å². The zero-order chi connectivity index (χ0) is 10.4. The van der Waals surface area contributed by atoms with E-state index >= 15 is 0 Å². The Morgan fingerprint density at radius 2 is 2.27 bits per heavy atom. The minimum absolute atomic E-state index is 0.349. The molecule has 0 N–H and O–H groups in total. The van der Waals surface area contributed by atoms with Crippen LogP contribution in [0.15, 0.2) is 11.1 Å². The van der Waals surface area contributed by atoms with Gasteiger partial charge in [0.1, 0.15) is 6.10 Å². The average Bonchev–Trinajstić information content (AvgIpc) is 2.94. The number of epoxide rings is 1. The molecule has 0 aromatic heterocycles. The zero-order valence-electron chi connectivity index (χ0n) is 9.29. The molecule has 0 bridgehead atoms. The summed E-state index contributed by atoms with van der Waals surface area (Å²) in [6, 6.07) is 0. The second-order valence-electron chi connectivity index (χ2n) is 5.03. The van der Waals surface area contributed by atoms with Crippen molar-refractivity contribution in [2.24, 2.45) is 5.92 Å². The lowest BCUT2D eigenvalue weighted by Gasteiger charge is -2.16. The summed E-state index contributed by atoms with van der Waals surface area (Å²) in [5.41, 5.74) is 2.55. The SMILES string of the molecule is CCCCC1=C2C(CC[C@@H]3O[C@H]23)CC1=O. The van der Waals surface area contributed by atoms with Crippen LogP contribution in [0.4, 0.5) is 0 Å². The lowest BCUT2D eigenvalue weighted by Crippen LogP contribution is -2.14. The monoisotopic (exact) mass is 206 g/mol. The molecule has 0 radical (unpaired) electrons. The predicted octanol–water partition coefficient (Wildman–Crippen LogP) is 2.62. The Morgan fingerprint density at radius 3 is 3.07 bits per heavy atom. The fraction of sp³-hybridized carbons (Fsp3) is 0.769. The van der Waals surface area contributed by atoms with Gasteiger partial charge in [-0.3, -0.25) is 4.79 Å². The summed E-state index contributed by atoms with van der Waals surface area (Å²) < 4.78 is 5.64. The van der Waals surface area contributed by atoms with Gasteiger partial charge in [-0.25, -0.2) is 0 Å². The largest absolute Gasteiger partial charge is 0.365 e. The summed E-state index contributed by atoms with van der Waals surface area (Å²) in [6.07, 6.45) is 7.26. The van der Waals surface area contributed by atoms with Gasteiger partial charge in [0.05, 0.1) is 6.10 Å². The Hall–Kier alpha value is -0.630. The molecular formula is C13H18O2. The number of hydrogen-bond acceptors (Lipinski definition) is 2. The van der Waals surface area contributed by atoms with Crippen molar-refractivity contribution >= 4 is 5.78 Å². The van der Waals surface area contributed by atoms with Crippen LogP contribution in [-0.2, 0) is 9.53 Å². The zero-order valence-corrected chi connectivity index (χ0v) is 9.29. The van der Waals surface area contributed by atoms with Gasteiger partial charge in [0.15, 0.2) is 5.78 Å². The second-order valence-corrected chi connectivity index (χ2v) is 5.03. The molecule has 0 aromatic rings. The minimum atomic E-state index is 0.349. The maximum atomic E-state index is 11.9. The second kappa shape index (κ2) is 3.44. The van der Waals surface area contributed by atoms with E-state index in [1.807, 2.05) is 0 Å². The van der Waals surface area contributed by atoms with Crippen molar-refractivity contribution < 1.29 is 9.53 Å². The standard InChI is InChI=1S/C13H18O2/c1-2-3-4-9-10(14)7-8-5-6-11-13(15-11)12(8)9/h8,11,13H,2-7H2,1H3/t8?,11-,13-/m0/s1. The maximum Gasteiger partial charge on any atom is 0.159 e. The van der Waals surface area contributed by atoms with Crippen LogP contribution >= 0.6 is 0 Å². The first-order valence-corrected chi connectivity index (χ1v) is 6.23. The normalized spacial score (nSPS) is 37.9. The van der Waals surface area contributed by atoms with Crippen molar-refractivity contribution in [3.8, 4) is 0 Å². The van der Waals surface area contributed by atoms with Crippen LogP contribution in [-0.4, -0.2) is 18.0 Å². The van der Waals surface area contributed by atoms with E-state index in [9.17, 15) is 4.79 Å². The van der Waals surface area contributed by atoms with Crippen molar-refractivity contribution in [2.45, 2.75) is 57.7 Å². The highest BCUT2D eigenvalue weighted by Gasteiger charge is 2.51. The van der Waals surface area contributed by atoms with Gasteiger partial charge in [0, 0.05) is 6.42 Å². The molecule has 2 fully saturated rings. The molecule has 0 spiro atoms. The number of carbonyl (C=O) groups excluding carboxylic acids is 1. The Kier molecular flexibility index (Phi) is 2.20. The molecule has 3 rings (SSSR count). The average molecular weight is 206 g/mol.